The predicted octanol–water partition coefficient (Wildman–Crippen LogP) is 5.69. The molecule has 5 nitrogen and oxygen atoms in total. The lowest BCUT2D eigenvalue weighted by Crippen LogP contribution is -2.08. The van der Waals surface area contributed by atoms with Gasteiger partial charge in [-0.05, 0) is 29.8 Å². The minimum Gasteiger partial charge on any atom is -0.493 e. The van der Waals surface area contributed by atoms with E-state index in [9.17, 15) is 4.79 Å². The third-order valence-electron chi connectivity index (χ3n) is 4.25. The number of nitrogens with zero attached hydrogens (tertiary/aromatic N) is 1. The molecule has 0 aliphatic heterocycles. The Morgan fingerprint density at radius 1 is 0.967 bits per heavy atom. The van der Waals surface area contributed by atoms with Crippen molar-refractivity contribution in [3.05, 3.63) is 87.7 Å². The highest BCUT2D eigenvalue weighted by atomic mass is 35.5. The number of halogens is 2. The van der Waals surface area contributed by atoms with Gasteiger partial charge in [-0.3, -0.25) is 9.78 Å². The van der Waals surface area contributed by atoms with E-state index in [0.29, 0.717) is 32.7 Å². The van der Waals surface area contributed by atoms with Crippen LogP contribution in [0.15, 0.2) is 60.9 Å². The lowest BCUT2D eigenvalue weighted by molar-refractivity contribution is -0.135. The topological polar surface area (TPSA) is 57.7 Å². The Kier molecular flexibility index (Phi) is 7.33. The zero-order chi connectivity index (χ0) is 21.5. The highest BCUT2D eigenvalue weighted by Crippen LogP contribution is 2.33. The number of methoxy groups -OCH3 is 2. The molecule has 0 aliphatic carbocycles. The van der Waals surface area contributed by atoms with Crippen LogP contribution in [-0.2, 0) is 16.0 Å². The van der Waals surface area contributed by atoms with Gasteiger partial charge in [0.15, 0.2) is 11.5 Å². The first-order chi connectivity index (χ1) is 14.5. The SMILES string of the molecule is COc1ccc(/C(=C/c2c(Cl)cncc2Cl)OC(=O)Cc2ccccc2)cc1OC. The van der Waals surface area contributed by atoms with Crippen LogP contribution in [0.2, 0.25) is 10.0 Å². The highest BCUT2D eigenvalue weighted by Gasteiger charge is 2.16. The molecule has 0 radical (unpaired) electrons. The van der Waals surface area contributed by atoms with Crippen molar-refractivity contribution < 1.29 is 19.0 Å². The first-order valence-corrected chi connectivity index (χ1v) is 9.75. The van der Waals surface area contributed by atoms with Crippen molar-refractivity contribution in [3.8, 4) is 11.5 Å². The van der Waals surface area contributed by atoms with Gasteiger partial charge < -0.3 is 14.2 Å². The maximum Gasteiger partial charge on any atom is 0.315 e. The molecule has 0 fully saturated rings. The average molecular weight is 444 g/mol. The van der Waals surface area contributed by atoms with Crippen molar-refractivity contribution in [3.63, 3.8) is 0 Å². The van der Waals surface area contributed by atoms with Gasteiger partial charge in [-0.15, -0.1) is 0 Å². The van der Waals surface area contributed by atoms with Crippen LogP contribution < -0.4 is 9.47 Å². The monoisotopic (exact) mass is 443 g/mol. The van der Waals surface area contributed by atoms with Gasteiger partial charge >= 0.3 is 5.97 Å². The standard InChI is InChI=1S/C23H19Cl2NO4/c1-28-20-9-8-16(11-22(20)29-2)21(12-17-18(24)13-26-14-19(17)25)30-23(27)10-15-6-4-3-5-7-15/h3-9,11-14H,10H2,1-2H3/b21-12-. The molecule has 7 heteroatoms. The molecule has 0 saturated heterocycles. The second-order valence-electron chi connectivity index (χ2n) is 6.23. The van der Waals surface area contributed by atoms with Crippen molar-refractivity contribution in [1.29, 1.82) is 0 Å². The fourth-order valence-corrected chi connectivity index (χ4v) is 3.25. The third-order valence-corrected chi connectivity index (χ3v) is 4.85. The van der Waals surface area contributed by atoms with Gasteiger partial charge in [-0.1, -0.05) is 53.5 Å². The molecule has 1 aromatic heterocycles. The molecule has 3 rings (SSSR count). The van der Waals surface area contributed by atoms with E-state index >= 15 is 0 Å². The summed E-state index contributed by atoms with van der Waals surface area (Å²) in [6, 6.07) is 14.5. The normalized spacial score (nSPS) is 11.1. The number of aromatic nitrogens is 1. The smallest absolute Gasteiger partial charge is 0.315 e. The fourth-order valence-electron chi connectivity index (χ4n) is 2.77. The van der Waals surface area contributed by atoms with Gasteiger partial charge in [0, 0.05) is 23.5 Å². The lowest BCUT2D eigenvalue weighted by Gasteiger charge is -2.13. The number of esters is 1. The number of ether oxygens (including phenoxy) is 3. The summed E-state index contributed by atoms with van der Waals surface area (Å²) in [4.78, 5) is 16.6. The Labute approximate surface area is 184 Å². The van der Waals surface area contributed by atoms with Crippen molar-refractivity contribution >= 4 is 41.0 Å². The highest BCUT2D eigenvalue weighted by molar-refractivity contribution is 6.37. The molecule has 0 amide bonds. The average Bonchev–Trinajstić information content (AvgIpc) is 2.75. The van der Waals surface area contributed by atoms with E-state index in [1.807, 2.05) is 30.3 Å². The Bertz CT molecular complexity index is 1050. The Morgan fingerprint density at radius 3 is 2.27 bits per heavy atom. The third kappa shape index (κ3) is 5.32. The van der Waals surface area contributed by atoms with Crippen LogP contribution in [0.4, 0.5) is 0 Å². The molecular weight excluding hydrogens is 425 g/mol. The van der Waals surface area contributed by atoms with Gasteiger partial charge in [0.05, 0.1) is 30.7 Å². The van der Waals surface area contributed by atoms with E-state index in [1.165, 1.54) is 19.5 Å². The molecule has 1 heterocycles. The summed E-state index contributed by atoms with van der Waals surface area (Å²) in [6.45, 7) is 0. The van der Waals surface area contributed by atoms with E-state index < -0.39 is 5.97 Å². The minimum atomic E-state index is -0.427. The molecule has 154 valence electrons. The summed E-state index contributed by atoms with van der Waals surface area (Å²) in [7, 11) is 3.08. The van der Waals surface area contributed by atoms with Crippen LogP contribution in [0.3, 0.4) is 0 Å². The maximum absolute atomic E-state index is 12.6. The summed E-state index contributed by atoms with van der Waals surface area (Å²) >= 11 is 12.5. The lowest BCUT2D eigenvalue weighted by atomic mass is 10.1. The van der Waals surface area contributed by atoms with Crippen LogP contribution >= 0.6 is 23.2 Å². The van der Waals surface area contributed by atoms with Gasteiger partial charge in [-0.25, -0.2) is 0 Å². The fraction of sp³-hybridized carbons (Fsp3) is 0.130. The first-order valence-electron chi connectivity index (χ1n) is 8.99. The Hall–Kier alpha value is -3.02. The predicted molar refractivity (Wildman–Crippen MR) is 118 cm³/mol. The molecule has 0 atom stereocenters. The van der Waals surface area contributed by atoms with Gasteiger partial charge in [0.1, 0.15) is 5.76 Å². The van der Waals surface area contributed by atoms with Crippen LogP contribution in [0, 0.1) is 0 Å². The van der Waals surface area contributed by atoms with Crippen LogP contribution in [0.1, 0.15) is 16.7 Å². The molecule has 0 aliphatic rings. The van der Waals surface area contributed by atoms with E-state index in [-0.39, 0.29) is 12.2 Å². The zero-order valence-electron chi connectivity index (χ0n) is 16.4. The first kappa shape index (κ1) is 21.7. The zero-order valence-corrected chi connectivity index (χ0v) is 17.9. The summed E-state index contributed by atoms with van der Waals surface area (Å²) in [5.74, 6) is 0.888. The number of benzene rings is 2. The molecule has 0 N–H and O–H groups in total. The van der Waals surface area contributed by atoms with Crippen LogP contribution in [0.5, 0.6) is 11.5 Å². The molecule has 0 bridgehead atoms. The second kappa shape index (κ2) is 10.1. The molecule has 30 heavy (non-hydrogen) atoms. The van der Waals surface area contributed by atoms with Crippen molar-refractivity contribution in [2.75, 3.05) is 14.2 Å². The van der Waals surface area contributed by atoms with E-state index in [2.05, 4.69) is 4.98 Å². The molecule has 0 unspecified atom stereocenters. The number of carbonyl (C=O) groups is 1. The largest absolute Gasteiger partial charge is 0.493 e. The molecular formula is C23H19Cl2NO4. The Balaban J connectivity index is 2.01. The van der Waals surface area contributed by atoms with Crippen molar-refractivity contribution in [1.82, 2.24) is 4.98 Å². The molecule has 0 saturated carbocycles. The molecule has 3 aromatic rings. The number of rotatable bonds is 7. The number of hydrogen-bond donors (Lipinski definition) is 0. The summed E-state index contributed by atoms with van der Waals surface area (Å²) < 4.78 is 16.4. The van der Waals surface area contributed by atoms with Crippen LogP contribution in [0.25, 0.3) is 11.8 Å². The summed E-state index contributed by atoms with van der Waals surface area (Å²) in [5, 5.41) is 0.666. The van der Waals surface area contributed by atoms with E-state index in [4.69, 9.17) is 37.4 Å². The van der Waals surface area contributed by atoms with Crippen molar-refractivity contribution in [2.24, 2.45) is 0 Å². The number of pyridine rings is 1. The van der Waals surface area contributed by atoms with Gasteiger partial charge in [-0.2, -0.15) is 0 Å². The summed E-state index contributed by atoms with van der Waals surface area (Å²) in [5.41, 5.74) is 1.93. The van der Waals surface area contributed by atoms with Crippen molar-refractivity contribution in [2.45, 2.75) is 6.42 Å². The quantitative estimate of drug-likeness (QED) is 0.346. The number of hydrogen-bond acceptors (Lipinski definition) is 5. The maximum atomic E-state index is 12.6. The van der Waals surface area contributed by atoms with Gasteiger partial charge in [0.25, 0.3) is 0 Å². The molecule has 2 aromatic carbocycles. The van der Waals surface area contributed by atoms with Crippen LogP contribution in [-0.4, -0.2) is 25.2 Å². The van der Waals surface area contributed by atoms with E-state index in [1.54, 1.807) is 31.4 Å². The minimum absolute atomic E-state index is 0.114. The number of carbonyl (C=O) groups excluding carboxylic acids is 1. The second-order valence-corrected chi connectivity index (χ2v) is 7.05. The summed E-state index contributed by atoms with van der Waals surface area (Å²) in [6.07, 6.45) is 4.66. The Morgan fingerprint density at radius 2 is 1.63 bits per heavy atom. The molecule has 0 spiro atoms. The van der Waals surface area contributed by atoms with Gasteiger partial charge in [0.2, 0.25) is 0 Å². The van der Waals surface area contributed by atoms with E-state index in [0.717, 1.165) is 5.56 Å².